The molecule has 2 fully saturated rings. The van der Waals surface area contributed by atoms with Crippen molar-refractivity contribution in [3.63, 3.8) is 0 Å². The SMILES string of the molecule is OCC1(F)CCN2CCCC2C1. The summed E-state index contributed by atoms with van der Waals surface area (Å²) in [5.41, 5.74) is -1.27. The van der Waals surface area contributed by atoms with Gasteiger partial charge in [-0.05, 0) is 32.2 Å². The Kier molecular flexibility index (Phi) is 2.09. The van der Waals surface area contributed by atoms with E-state index in [-0.39, 0.29) is 6.61 Å². The summed E-state index contributed by atoms with van der Waals surface area (Å²) in [6, 6.07) is 0.413. The van der Waals surface area contributed by atoms with E-state index >= 15 is 0 Å². The normalized spacial score (nSPS) is 43.0. The smallest absolute Gasteiger partial charge is 0.136 e. The first-order valence-corrected chi connectivity index (χ1v) is 4.77. The molecular weight excluding hydrogens is 157 g/mol. The molecule has 2 rings (SSSR count). The van der Waals surface area contributed by atoms with Gasteiger partial charge in [0.15, 0.2) is 0 Å². The number of hydrogen-bond acceptors (Lipinski definition) is 2. The molecule has 0 saturated carbocycles. The Bertz CT molecular complexity index is 176. The van der Waals surface area contributed by atoms with Crippen LogP contribution in [-0.4, -0.2) is 41.4 Å². The van der Waals surface area contributed by atoms with Gasteiger partial charge in [0.25, 0.3) is 0 Å². The van der Waals surface area contributed by atoms with Crippen molar-refractivity contribution in [2.75, 3.05) is 19.7 Å². The molecule has 2 nitrogen and oxygen atoms in total. The Hall–Kier alpha value is -0.150. The third kappa shape index (κ3) is 1.36. The summed E-state index contributed by atoms with van der Waals surface area (Å²) in [5.74, 6) is 0. The molecule has 3 heteroatoms. The zero-order chi connectivity index (χ0) is 8.60. The Morgan fingerprint density at radius 1 is 1.50 bits per heavy atom. The van der Waals surface area contributed by atoms with E-state index in [0.29, 0.717) is 18.9 Å². The van der Waals surface area contributed by atoms with Crippen molar-refractivity contribution in [2.45, 2.75) is 37.4 Å². The van der Waals surface area contributed by atoms with E-state index in [0.717, 1.165) is 19.5 Å². The van der Waals surface area contributed by atoms with E-state index in [9.17, 15) is 4.39 Å². The fourth-order valence-corrected chi connectivity index (χ4v) is 2.43. The van der Waals surface area contributed by atoms with Gasteiger partial charge in [-0.2, -0.15) is 0 Å². The monoisotopic (exact) mass is 173 g/mol. The number of aliphatic hydroxyl groups is 1. The number of halogens is 1. The van der Waals surface area contributed by atoms with E-state index < -0.39 is 5.67 Å². The van der Waals surface area contributed by atoms with Crippen LogP contribution in [0, 0.1) is 0 Å². The molecular formula is C9H16FNO. The van der Waals surface area contributed by atoms with E-state index in [1.165, 1.54) is 6.42 Å². The minimum absolute atomic E-state index is 0.294. The number of piperidine rings is 1. The van der Waals surface area contributed by atoms with Gasteiger partial charge in [0.2, 0.25) is 0 Å². The second-order valence-electron chi connectivity index (χ2n) is 4.10. The third-order valence-corrected chi connectivity index (χ3v) is 3.23. The molecule has 0 bridgehead atoms. The van der Waals surface area contributed by atoms with Gasteiger partial charge >= 0.3 is 0 Å². The lowest BCUT2D eigenvalue weighted by Crippen LogP contribution is -2.47. The third-order valence-electron chi connectivity index (χ3n) is 3.23. The van der Waals surface area contributed by atoms with Gasteiger partial charge in [-0.1, -0.05) is 0 Å². The van der Waals surface area contributed by atoms with Crippen molar-refractivity contribution < 1.29 is 9.50 Å². The van der Waals surface area contributed by atoms with Crippen LogP contribution < -0.4 is 0 Å². The van der Waals surface area contributed by atoms with Gasteiger partial charge < -0.3 is 10.0 Å². The van der Waals surface area contributed by atoms with Crippen LogP contribution in [0.15, 0.2) is 0 Å². The van der Waals surface area contributed by atoms with Crippen LogP contribution in [0.3, 0.4) is 0 Å². The molecule has 2 unspecified atom stereocenters. The van der Waals surface area contributed by atoms with E-state index in [1.807, 2.05) is 0 Å². The van der Waals surface area contributed by atoms with E-state index in [4.69, 9.17) is 5.11 Å². The topological polar surface area (TPSA) is 23.5 Å². The molecule has 0 aliphatic carbocycles. The van der Waals surface area contributed by atoms with Crippen LogP contribution in [0.1, 0.15) is 25.7 Å². The zero-order valence-electron chi connectivity index (χ0n) is 7.30. The molecule has 2 aliphatic heterocycles. The molecule has 0 aromatic rings. The van der Waals surface area contributed by atoms with Crippen molar-refractivity contribution in [3.8, 4) is 0 Å². The maximum absolute atomic E-state index is 13.7. The van der Waals surface area contributed by atoms with E-state index in [1.54, 1.807) is 0 Å². The summed E-state index contributed by atoms with van der Waals surface area (Å²) >= 11 is 0. The summed E-state index contributed by atoms with van der Waals surface area (Å²) < 4.78 is 13.7. The average Bonchev–Trinajstić information content (AvgIpc) is 2.51. The van der Waals surface area contributed by atoms with Crippen LogP contribution in [0.25, 0.3) is 0 Å². The second kappa shape index (κ2) is 2.96. The summed E-state index contributed by atoms with van der Waals surface area (Å²) in [6.07, 6.45) is 3.38. The molecule has 0 radical (unpaired) electrons. The number of alkyl halides is 1. The number of hydrogen-bond donors (Lipinski definition) is 1. The lowest BCUT2D eigenvalue weighted by Gasteiger charge is -2.37. The van der Waals surface area contributed by atoms with Gasteiger partial charge in [-0.3, -0.25) is 0 Å². The molecule has 2 aliphatic rings. The minimum atomic E-state index is -1.27. The van der Waals surface area contributed by atoms with Gasteiger partial charge in [0.1, 0.15) is 5.67 Å². The highest BCUT2D eigenvalue weighted by atomic mass is 19.1. The predicted octanol–water partition coefficient (Wildman–Crippen LogP) is 0.945. The van der Waals surface area contributed by atoms with Crippen LogP contribution in [-0.2, 0) is 0 Å². The van der Waals surface area contributed by atoms with Gasteiger partial charge in [0, 0.05) is 12.6 Å². The molecule has 2 heterocycles. The Labute approximate surface area is 72.4 Å². The largest absolute Gasteiger partial charge is 0.393 e. The van der Waals surface area contributed by atoms with Crippen molar-refractivity contribution in [2.24, 2.45) is 0 Å². The fourth-order valence-electron chi connectivity index (χ4n) is 2.43. The summed E-state index contributed by atoms with van der Waals surface area (Å²) in [4.78, 5) is 2.35. The molecule has 0 spiro atoms. The maximum Gasteiger partial charge on any atom is 0.136 e. The van der Waals surface area contributed by atoms with E-state index in [2.05, 4.69) is 4.90 Å². The predicted molar refractivity (Wildman–Crippen MR) is 44.8 cm³/mol. The Morgan fingerprint density at radius 3 is 3.08 bits per heavy atom. The number of fused-ring (bicyclic) bond motifs is 1. The number of aliphatic hydroxyl groups excluding tert-OH is 1. The van der Waals surface area contributed by atoms with Crippen LogP contribution in [0.2, 0.25) is 0 Å². The van der Waals surface area contributed by atoms with Gasteiger partial charge in [0.05, 0.1) is 6.61 Å². The summed E-state index contributed by atoms with van der Waals surface area (Å²) in [7, 11) is 0. The first-order chi connectivity index (χ1) is 5.73. The second-order valence-corrected chi connectivity index (χ2v) is 4.10. The summed E-state index contributed by atoms with van der Waals surface area (Å²) in [5, 5.41) is 8.88. The lowest BCUT2D eigenvalue weighted by molar-refractivity contribution is -0.00672. The first-order valence-electron chi connectivity index (χ1n) is 4.77. The molecule has 70 valence electrons. The zero-order valence-corrected chi connectivity index (χ0v) is 7.30. The standard InChI is InChI=1S/C9H16FNO/c10-9(7-12)3-5-11-4-1-2-8(11)6-9/h8,12H,1-7H2. The van der Waals surface area contributed by atoms with Crippen LogP contribution in [0.5, 0.6) is 0 Å². The maximum atomic E-state index is 13.7. The Balaban J connectivity index is 2.00. The molecule has 12 heavy (non-hydrogen) atoms. The quantitative estimate of drug-likeness (QED) is 0.638. The highest BCUT2D eigenvalue weighted by molar-refractivity contribution is 4.94. The van der Waals surface area contributed by atoms with Gasteiger partial charge in [-0.15, -0.1) is 0 Å². The molecule has 1 N–H and O–H groups in total. The number of nitrogens with zero attached hydrogens (tertiary/aromatic N) is 1. The molecule has 0 aromatic heterocycles. The van der Waals surface area contributed by atoms with Crippen molar-refractivity contribution >= 4 is 0 Å². The van der Waals surface area contributed by atoms with Crippen molar-refractivity contribution in [1.82, 2.24) is 4.90 Å². The fraction of sp³-hybridized carbons (Fsp3) is 1.00. The average molecular weight is 173 g/mol. The van der Waals surface area contributed by atoms with Gasteiger partial charge in [-0.25, -0.2) is 4.39 Å². The highest BCUT2D eigenvalue weighted by Gasteiger charge is 2.41. The first kappa shape index (κ1) is 8.45. The molecule has 2 atom stereocenters. The van der Waals surface area contributed by atoms with Crippen molar-refractivity contribution in [1.29, 1.82) is 0 Å². The van der Waals surface area contributed by atoms with Crippen molar-refractivity contribution in [3.05, 3.63) is 0 Å². The Morgan fingerprint density at radius 2 is 2.33 bits per heavy atom. The lowest BCUT2D eigenvalue weighted by atomic mass is 9.89. The molecule has 2 saturated heterocycles. The summed E-state index contributed by atoms with van der Waals surface area (Å²) in [6.45, 7) is 1.67. The molecule has 0 aromatic carbocycles. The minimum Gasteiger partial charge on any atom is -0.393 e. The van der Waals surface area contributed by atoms with Crippen LogP contribution in [0.4, 0.5) is 4.39 Å². The number of rotatable bonds is 1. The molecule has 0 amide bonds. The highest BCUT2D eigenvalue weighted by Crippen LogP contribution is 2.34. The van der Waals surface area contributed by atoms with Crippen LogP contribution >= 0.6 is 0 Å².